The van der Waals surface area contributed by atoms with Crippen molar-refractivity contribution in [3.8, 4) is 0 Å². The zero-order chi connectivity index (χ0) is 4.41. The number of hydrogen-bond donors (Lipinski definition) is 0. The minimum Gasteiger partial charge on any atom is -0.364 e. The highest BCUT2D eigenvalue weighted by Crippen LogP contribution is 1.84. The molecule has 0 aromatic carbocycles. The Morgan fingerprint density at radius 3 is 2.83 bits per heavy atom. The van der Waals surface area contributed by atoms with Crippen LogP contribution >= 0.6 is 0 Å². The van der Waals surface area contributed by atoms with Gasteiger partial charge in [-0.15, -0.1) is 0 Å². The van der Waals surface area contributed by atoms with E-state index < -0.39 is 0 Å². The maximum Gasteiger partial charge on any atom is 0.0848 e. The molecular formula is C4H8N2. The number of nitrogens with zero attached hydrogens (tertiary/aromatic N) is 2. The molecule has 0 saturated carbocycles. The Kier molecular flexibility index (Phi) is 0.783. The molecule has 2 nitrogen and oxygen atoms in total. The summed E-state index contributed by atoms with van der Waals surface area (Å²) in [6.45, 7) is 2.08. The molecule has 0 radical (unpaired) electrons. The van der Waals surface area contributed by atoms with Crippen LogP contribution in [0.15, 0.2) is 4.99 Å². The predicted molar refractivity (Wildman–Crippen MR) is 26.0 cm³/mol. The molecule has 0 unspecified atom stereocenters. The van der Waals surface area contributed by atoms with Gasteiger partial charge < -0.3 is 4.90 Å². The second-order valence-corrected chi connectivity index (χ2v) is 1.50. The van der Waals surface area contributed by atoms with E-state index in [1.165, 1.54) is 0 Å². The molecule has 34 valence electrons. The van der Waals surface area contributed by atoms with Crippen molar-refractivity contribution in [3.05, 3.63) is 0 Å². The summed E-state index contributed by atoms with van der Waals surface area (Å²) in [4.78, 5) is 6.03. The van der Waals surface area contributed by atoms with Crippen LogP contribution in [0.4, 0.5) is 0 Å². The van der Waals surface area contributed by atoms with E-state index in [-0.39, 0.29) is 0 Å². The predicted octanol–water partition coefficient (Wildman–Crippen LogP) is -0.0399. The number of aliphatic imine (C=N–C) groups is 1. The first-order chi connectivity index (χ1) is 2.89. The van der Waals surface area contributed by atoms with Crippen molar-refractivity contribution in [2.75, 3.05) is 20.1 Å². The average molecular weight is 84.1 g/mol. The summed E-state index contributed by atoms with van der Waals surface area (Å²) in [7, 11) is 2.02. The van der Waals surface area contributed by atoms with Crippen LogP contribution < -0.4 is 0 Å². The molecule has 0 fully saturated rings. The van der Waals surface area contributed by atoms with Gasteiger partial charge >= 0.3 is 0 Å². The lowest BCUT2D eigenvalue weighted by Crippen LogP contribution is -2.11. The van der Waals surface area contributed by atoms with Crippen LogP contribution in [0.5, 0.6) is 0 Å². The fourth-order valence-corrected chi connectivity index (χ4v) is 0.470. The normalized spacial score (nSPS) is 19.8. The van der Waals surface area contributed by atoms with E-state index in [0.29, 0.717) is 0 Å². The van der Waals surface area contributed by atoms with E-state index in [4.69, 9.17) is 0 Å². The van der Waals surface area contributed by atoms with Gasteiger partial charge in [0.2, 0.25) is 0 Å². The lowest BCUT2D eigenvalue weighted by molar-refractivity contribution is 0.568. The molecule has 1 aliphatic rings. The van der Waals surface area contributed by atoms with E-state index in [2.05, 4.69) is 9.89 Å². The van der Waals surface area contributed by atoms with Crippen LogP contribution in [0, 0.1) is 0 Å². The summed E-state index contributed by atoms with van der Waals surface area (Å²) >= 11 is 0. The van der Waals surface area contributed by atoms with Crippen molar-refractivity contribution < 1.29 is 0 Å². The van der Waals surface area contributed by atoms with Crippen LogP contribution in [-0.4, -0.2) is 31.4 Å². The molecule has 2 heteroatoms. The second kappa shape index (κ2) is 1.29. The molecule has 0 saturated heterocycles. The van der Waals surface area contributed by atoms with Crippen LogP contribution in [0.25, 0.3) is 0 Å². The molecule has 0 spiro atoms. The topological polar surface area (TPSA) is 15.6 Å². The first-order valence-electron chi connectivity index (χ1n) is 2.10. The maximum absolute atomic E-state index is 3.97. The third-order valence-corrected chi connectivity index (χ3v) is 0.861. The summed E-state index contributed by atoms with van der Waals surface area (Å²) in [5.41, 5.74) is 0. The molecule has 0 aliphatic carbocycles. The minimum atomic E-state index is 0.983. The van der Waals surface area contributed by atoms with Crippen molar-refractivity contribution >= 4 is 6.34 Å². The molecule has 0 aromatic heterocycles. The SMILES string of the molecule is CN1C=NCC1. The summed E-state index contributed by atoms with van der Waals surface area (Å²) in [5.74, 6) is 0. The van der Waals surface area contributed by atoms with Gasteiger partial charge in [-0.25, -0.2) is 0 Å². The zero-order valence-corrected chi connectivity index (χ0v) is 3.89. The average Bonchev–Trinajstić information content (AvgIpc) is 1.86. The fraction of sp³-hybridized carbons (Fsp3) is 0.750. The van der Waals surface area contributed by atoms with E-state index in [9.17, 15) is 0 Å². The molecule has 1 heterocycles. The summed E-state index contributed by atoms with van der Waals surface area (Å²) < 4.78 is 0. The highest BCUT2D eigenvalue weighted by atomic mass is 15.2. The Bertz CT molecular complexity index is 67.9. The molecule has 1 rings (SSSR count). The lowest BCUT2D eigenvalue weighted by Gasteiger charge is -1.99. The summed E-state index contributed by atoms with van der Waals surface area (Å²) in [5, 5.41) is 0. The Labute approximate surface area is 37.5 Å². The second-order valence-electron chi connectivity index (χ2n) is 1.50. The molecular weight excluding hydrogens is 76.1 g/mol. The largest absolute Gasteiger partial charge is 0.364 e. The van der Waals surface area contributed by atoms with E-state index in [0.717, 1.165) is 13.1 Å². The highest BCUT2D eigenvalue weighted by molar-refractivity contribution is 5.56. The number of hydrogen-bond acceptors (Lipinski definition) is 2. The third-order valence-electron chi connectivity index (χ3n) is 0.861. The van der Waals surface area contributed by atoms with Gasteiger partial charge in [0.05, 0.1) is 12.9 Å². The molecule has 0 amide bonds. The Morgan fingerprint density at radius 2 is 2.67 bits per heavy atom. The molecule has 0 N–H and O–H groups in total. The smallest absolute Gasteiger partial charge is 0.0848 e. The van der Waals surface area contributed by atoms with Crippen LogP contribution in [0.3, 0.4) is 0 Å². The molecule has 6 heavy (non-hydrogen) atoms. The van der Waals surface area contributed by atoms with Gasteiger partial charge in [0, 0.05) is 13.6 Å². The van der Waals surface area contributed by atoms with Crippen LogP contribution in [0.1, 0.15) is 0 Å². The monoisotopic (exact) mass is 84.1 g/mol. The van der Waals surface area contributed by atoms with Crippen molar-refractivity contribution in [2.24, 2.45) is 4.99 Å². The zero-order valence-electron chi connectivity index (χ0n) is 3.89. The Morgan fingerprint density at radius 1 is 1.83 bits per heavy atom. The van der Waals surface area contributed by atoms with Crippen molar-refractivity contribution in [1.29, 1.82) is 0 Å². The minimum absolute atomic E-state index is 0.983. The molecule has 0 aromatic rings. The number of likely N-dealkylation sites (N-methyl/N-ethyl adjacent to an activating group) is 1. The molecule has 0 atom stereocenters. The van der Waals surface area contributed by atoms with Crippen LogP contribution in [-0.2, 0) is 0 Å². The fourth-order valence-electron chi connectivity index (χ4n) is 0.470. The van der Waals surface area contributed by atoms with Crippen molar-refractivity contribution in [3.63, 3.8) is 0 Å². The van der Waals surface area contributed by atoms with Gasteiger partial charge in [-0.05, 0) is 0 Å². The lowest BCUT2D eigenvalue weighted by atomic mass is 10.6. The first kappa shape index (κ1) is 3.65. The molecule has 0 bridgehead atoms. The Hall–Kier alpha value is -0.530. The van der Waals surface area contributed by atoms with Gasteiger partial charge in [0.1, 0.15) is 0 Å². The Balaban J connectivity index is 2.38. The summed E-state index contributed by atoms with van der Waals surface area (Å²) in [6.07, 6.45) is 1.86. The van der Waals surface area contributed by atoms with Crippen molar-refractivity contribution in [1.82, 2.24) is 4.90 Å². The highest BCUT2D eigenvalue weighted by Gasteiger charge is 1.94. The summed E-state index contributed by atoms with van der Waals surface area (Å²) in [6, 6.07) is 0. The van der Waals surface area contributed by atoms with Crippen molar-refractivity contribution in [2.45, 2.75) is 0 Å². The number of rotatable bonds is 0. The van der Waals surface area contributed by atoms with Gasteiger partial charge in [-0.1, -0.05) is 0 Å². The van der Waals surface area contributed by atoms with Gasteiger partial charge in [0.25, 0.3) is 0 Å². The van der Waals surface area contributed by atoms with Gasteiger partial charge in [-0.3, -0.25) is 4.99 Å². The van der Waals surface area contributed by atoms with Gasteiger partial charge in [0.15, 0.2) is 0 Å². The molecule has 1 aliphatic heterocycles. The van der Waals surface area contributed by atoms with E-state index in [1.54, 1.807) is 0 Å². The first-order valence-corrected chi connectivity index (χ1v) is 2.10. The van der Waals surface area contributed by atoms with Gasteiger partial charge in [-0.2, -0.15) is 0 Å². The van der Waals surface area contributed by atoms with E-state index >= 15 is 0 Å². The van der Waals surface area contributed by atoms with Crippen LogP contribution in [0.2, 0.25) is 0 Å². The standard InChI is InChI=1S/C4H8N2/c1-6-3-2-5-4-6/h4H,2-3H2,1H3. The third kappa shape index (κ3) is 0.506. The quantitative estimate of drug-likeness (QED) is 0.402. The maximum atomic E-state index is 3.97. The van der Waals surface area contributed by atoms with E-state index in [1.807, 2.05) is 13.4 Å².